The van der Waals surface area contributed by atoms with Crippen LogP contribution in [0.2, 0.25) is 0 Å². The Kier molecular flexibility index (Phi) is 7.50. The maximum absolute atomic E-state index is 12.0. The van der Waals surface area contributed by atoms with Gasteiger partial charge in [0.1, 0.15) is 5.75 Å². The average molecular weight is 385 g/mol. The molecule has 0 spiro atoms. The molecule has 1 heterocycles. The lowest BCUT2D eigenvalue weighted by atomic mass is 10.2. The fourth-order valence-corrected chi connectivity index (χ4v) is 2.31. The van der Waals surface area contributed by atoms with Crippen molar-refractivity contribution in [2.24, 2.45) is 0 Å². The summed E-state index contributed by atoms with van der Waals surface area (Å²) in [6.07, 6.45) is 1.61. The van der Waals surface area contributed by atoms with Gasteiger partial charge in [0.2, 0.25) is 5.91 Å². The maximum Gasteiger partial charge on any atom is 0.310 e. The molecule has 0 saturated carbocycles. The third kappa shape index (κ3) is 6.71. The average Bonchev–Trinajstić information content (AvgIpc) is 2.67. The number of anilines is 1. The number of carbonyl (C=O) groups is 3. The highest BCUT2D eigenvalue weighted by molar-refractivity contribution is 5.96. The van der Waals surface area contributed by atoms with Crippen LogP contribution in [0.15, 0.2) is 36.5 Å². The number of hydrogen-bond donors (Lipinski definition) is 2. The van der Waals surface area contributed by atoms with Crippen LogP contribution in [0, 0.1) is 13.8 Å². The van der Waals surface area contributed by atoms with Gasteiger partial charge in [0.25, 0.3) is 5.91 Å². The summed E-state index contributed by atoms with van der Waals surface area (Å²) in [5, 5.41) is 5.07. The Labute approximate surface area is 163 Å². The standard InChI is InChI=1S/C20H23N3O5/c1-13-4-7-17(27-3)16(8-13)23-18(24)11-22-19(25)12-28-20(26)9-15-6-5-14(2)21-10-15/h4-8,10H,9,11-12H2,1-3H3,(H,22,25)(H,23,24). The Balaban J connectivity index is 1.73. The second-order valence-corrected chi connectivity index (χ2v) is 6.17. The van der Waals surface area contributed by atoms with Gasteiger partial charge in [-0.25, -0.2) is 0 Å². The van der Waals surface area contributed by atoms with Crippen LogP contribution in [0.5, 0.6) is 5.75 Å². The van der Waals surface area contributed by atoms with Crippen molar-refractivity contribution in [2.75, 3.05) is 25.6 Å². The SMILES string of the molecule is COc1ccc(C)cc1NC(=O)CNC(=O)COC(=O)Cc1ccc(C)nc1. The molecule has 0 aliphatic heterocycles. The molecule has 0 saturated heterocycles. The van der Waals surface area contributed by atoms with Crippen LogP contribution >= 0.6 is 0 Å². The van der Waals surface area contributed by atoms with E-state index in [0.717, 1.165) is 11.3 Å². The number of aromatic nitrogens is 1. The van der Waals surface area contributed by atoms with Crippen molar-refractivity contribution in [1.82, 2.24) is 10.3 Å². The molecule has 1 aromatic heterocycles. The minimum atomic E-state index is -0.568. The normalized spacial score (nSPS) is 10.1. The zero-order valence-electron chi connectivity index (χ0n) is 16.1. The van der Waals surface area contributed by atoms with Crippen molar-refractivity contribution < 1.29 is 23.9 Å². The molecule has 0 atom stereocenters. The van der Waals surface area contributed by atoms with E-state index < -0.39 is 24.4 Å². The third-order valence-corrected chi connectivity index (χ3v) is 3.76. The summed E-state index contributed by atoms with van der Waals surface area (Å²) in [4.78, 5) is 39.6. The molecule has 0 unspecified atom stereocenters. The largest absolute Gasteiger partial charge is 0.495 e. The van der Waals surface area contributed by atoms with Crippen LogP contribution in [-0.2, 0) is 25.5 Å². The van der Waals surface area contributed by atoms with E-state index >= 15 is 0 Å². The Morgan fingerprint density at radius 2 is 1.86 bits per heavy atom. The fourth-order valence-electron chi connectivity index (χ4n) is 2.31. The number of esters is 1. The number of methoxy groups -OCH3 is 1. The third-order valence-electron chi connectivity index (χ3n) is 3.76. The monoisotopic (exact) mass is 385 g/mol. The van der Waals surface area contributed by atoms with Crippen molar-refractivity contribution in [3.05, 3.63) is 53.3 Å². The predicted octanol–water partition coefficient (Wildman–Crippen LogP) is 1.55. The molecule has 2 rings (SSSR count). The van der Waals surface area contributed by atoms with Gasteiger partial charge in [-0.1, -0.05) is 12.1 Å². The molecule has 1 aromatic carbocycles. The second kappa shape index (κ2) is 10.1. The summed E-state index contributed by atoms with van der Waals surface area (Å²) in [7, 11) is 1.50. The van der Waals surface area contributed by atoms with Crippen molar-refractivity contribution in [3.8, 4) is 5.75 Å². The van der Waals surface area contributed by atoms with Gasteiger partial charge >= 0.3 is 5.97 Å². The van der Waals surface area contributed by atoms with Crippen LogP contribution in [0.4, 0.5) is 5.69 Å². The van der Waals surface area contributed by atoms with Gasteiger partial charge in [-0.05, 0) is 43.2 Å². The van der Waals surface area contributed by atoms with E-state index in [0.29, 0.717) is 17.0 Å². The molecule has 2 N–H and O–H groups in total. The Hall–Kier alpha value is -3.42. The minimum absolute atomic E-state index is 0.0220. The van der Waals surface area contributed by atoms with Crippen LogP contribution in [0.3, 0.4) is 0 Å². The first-order valence-electron chi connectivity index (χ1n) is 8.65. The van der Waals surface area contributed by atoms with Crippen molar-refractivity contribution in [1.29, 1.82) is 0 Å². The number of amides is 2. The Morgan fingerprint density at radius 1 is 1.07 bits per heavy atom. The molecule has 2 amide bonds. The Bertz CT molecular complexity index is 849. The molecule has 0 aliphatic carbocycles. The van der Waals surface area contributed by atoms with Gasteiger partial charge in [-0.15, -0.1) is 0 Å². The highest BCUT2D eigenvalue weighted by Crippen LogP contribution is 2.24. The molecule has 0 fully saturated rings. The van der Waals surface area contributed by atoms with E-state index in [9.17, 15) is 14.4 Å². The molecule has 8 nitrogen and oxygen atoms in total. The predicted molar refractivity (Wildman–Crippen MR) is 103 cm³/mol. The number of nitrogens with zero attached hydrogens (tertiary/aromatic N) is 1. The number of benzene rings is 1. The van der Waals surface area contributed by atoms with E-state index in [1.165, 1.54) is 7.11 Å². The Morgan fingerprint density at radius 3 is 2.54 bits per heavy atom. The first-order valence-corrected chi connectivity index (χ1v) is 8.65. The van der Waals surface area contributed by atoms with Crippen molar-refractivity contribution in [2.45, 2.75) is 20.3 Å². The smallest absolute Gasteiger partial charge is 0.310 e. The lowest BCUT2D eigenvalue weighted by Gasteiger charge is -2.11. The summed E-state index contributed by atoms with van der Waals surface area (Å²) in [6, 6.07) is 8.93. The van der Waals surface area contributed by atoms with E-state index in [2.05, 4.69) is 15.6 Å². The number of aryl methyl sites for hydroxylation is 2. The summed E-state index contributed by atoms with van der Waals surface area (Å²) in [5.74, 6) is -1.02. The van der Waals surface area contributed by atoms with Crippen molar-refractivity contribution in [3.63, 3.8) is 0 Å². The zero-order valence-corrected chi connectivity index (χ0v) is 16.1. The van der Waals surface area contributed by atoms with Gasteiger partial charge in [0.15, 0.2) is 6.61 Å². The summed E-state index contributed by atoms with van der Waals surface area (Å²) in [5.41, 5.74) is 3.01. The summed E-state index contributed by atoms with van der Waals surface area (Å²) in [6.45, 7) is 3.02. The molecular weight excluding hydrogens is 362 g/mol. The van der Waals surface area contributed by atoms with Crippen LogP contribution < -0.4 is 15.4 Å². The molecule has 0 bridgehead atoms. The van der Waals surface area contributed by atoms with Crippen LogP contribution in [0.1, 0.15) is 16.8 Å². The van der Waals surface area contributed by atoms with Gasteiger partial charge < -0.3 is 20.1 Å². The summed E-state index contributed by atoms with van der Waals surface area (Å²) < 4.78 is 10.1. The summed E-state index contributed by atoms with van der Waals surface area (Å²) >= 11 is 0. The molecular formula is C20H23N3O5. The lowest BCUT2D eigenvalue weighted by molar-refractivity contribution is -0.147. The lowest BCUT2D eigenvalue weighted by Crippen LogP contribution is -2.35. The number of ether oxygens (including phenoxy) is 2. The quantitative estimate of drug-likeness (QED) is 0.668. The molecule has 148 valence electrons. The molecule has 28 heavy (non-hydrogen) atoms. The molecule has 0 radical (unpaired) electrons. The highest BCUT2D eigenvalue weighted by Gasteiger charge is 2.12. The first-order chi connectivity index (χ1) is 13.4. The molecule has 8 heteroatoms. The van der Waals surface area contributed by atoms with Gasteiger partial charge in [0, 0.05) is 11.9 Å². The van der Waals surface area contributed by atoms with Crippen LogP contribution in [0.25, 0.3) is 0 Å². The minimum Gasteiger partial charge on any atom is -0.495 e. The molecule has 2 aromatic rings. The number of rotatable bonds is 8. The van der Waals surface area contributed by atoms with Gasteiger partial charge in [-0.3, -0.25) is 19.4 Å². The number of pyridine rings is 1. The fraction of sp³-hybridized carbons (Fsp3) is 0.300. The zero-order chi connectivity index (χ0) is 20.5. The molecule has 0 aliphatic rings. The second-order valence-electron chi connectivity index (χ2n) is 6.17. The number of hydrogen-bond acceptors (Lipinski definition) is 6. The van der Waals surface area contributed by atoms with E-state index in [4.69, 9.17) is 9.47 Å². The van der Waals surface area contributed by atoms with Crippen LogP contribution in [-0.4, -0.2) is 43.0 Å². The van der Waals surface area contributed by atoms with E-state index in [-0.39, 0.29) is 13.0 Å². The number of nitrogens with one attached hydrogen (secondary N) is 2. The first kappa shape index (κ1) is 20.9. The topological polar surface area (TPSA) is 107 Å². The van der Waals surface area contributed by atoms with E-state index in [1.54, 1.807) is 30.5 Å². The van der Waals surface area contributed by atoms with Crippen molar-refractivity contribution >= 4 is 23.5 Å². The van der Waals surface area contributed by atoms with Gasteiger partial charge in [0.05, 0.1) is 25.8 Å². The number of carbonyl (C=O) groups excluding carboxylic acids is 3. The maximum atomic E-state index is 12.0. The highest BCUT2D eigenvalue weighted by atomic mass is 16.5. The van der Waals surface area contributed by atoms with Gasteiger partial charge in [-0.2, -0.15) is 0 Å². The van der Waals surface area contributed by atoms with E-state index in [1.807, 2.05) is 19.9 Å².